The van der Waals surface area contributed by atoms with Crippen LogP contribution in [0.5, 0.6) is 0 Å². The van der Waals surface area contributed by atoms with Crippen LogP contribution < -0.4 is 4.90 Å². The fourth-order valence-corrected chi connectivity index (χ4v) is 3.94. The molecule has 1 aromatic carbocycles. The predicted molar refractivity (Wildman–Crippen MR) is 111 cm³/mol. The molecule has 1 atom stereocenters. The maximum atomic E-state index is 13.2. The van der Waals surface area contributed by atoms with Gasteiger partial charge in [-0.05, 0) is 38.8 Å². The Morgan fingerprint density at radius 3 is 2.75 bits per heavy atom. The third-order valence-corrected chi connectivity index (χ3v) is 5.76. The van der Waals surface area contributed by atoms with Gasteiger partial charge in [0.25, 0.3) is 0 Å². The Hall–Kier alpha value is -2.59. The van der Waals surface area contributed by atoms with Gasteiger partial charge in [-0.3, -0.25) is 4.79 Å². The Morgan fingerprint density at radius 1 is 1.43 bits per heavy atom. The quantitative estimate of drug-likeness (QED) is 0.472. The molecular weight excluding hydrogens is 370 g/mol. The number of hydrogen-bond acceptors (Lipinski definition) is 5. The van der Waals surface area contributed by atoms with Gasteiger partial charge in [0.05, 0.1) is 17.7 Å². The summed E-state index contributed by atoms with van der Waals surface area (Å²) in [5.74, 6) is 1.43. The van der Waals surface area contributed by atoms with Gasteiger partial charge in [-0.1, -0.05) is 35.5 Å². The van der Waals surface area contributed by atoms with Gasteiger partial charge in [-0.2, -0.15) is 5.26 Å². The van der Waals surface area contributed by atoms with Crippen LogP contribution in [-0.4, -0.2) is 32.5 Å². The highest BCUT2D eigenvalue weighted by atomic mass is 32.2. The number of carbonyl (C=O) groups excluding carboxylic acids is 1. The number of nitrogens with zero attached hydrogens (tertiary/aromatic N) is 5. The third-order valence-electron chi connectivity index (χ3n) is 4.69. The van der Waals surface area contributed by atoms with Crippen molar-refractivity contribution in [3.05, 3.63) is 48.3 Å². The summed E-state index contributed by atoms with van der Waals surface area (Å²) < 4.78 is 2.06. The van der Waals surface area contributed by atoms with Gasteiger partial charge in [-0.15, -0.1) is 16.8 Å². The number of aromatic nitrogens is 3. The van der Waals surface area contributed by atoms with Crippen LogP contribution in [-0.2, 0) is 11.3 Å². The number of anilines is 1. The van der Waals surface area contributed by atoms with Crippen LogP contribution in [0.1, 0.15) is 43.5 Å². The minimum atomic E-state index is -0.347. The van der Waals surface area contributed by atoms with Crippen molar-refractivity contribution in [3.63, 3.8) is 0 Å². The standard InChI is InChI=1S/C21H25N5OS/c1-4-13-26-19(17-8-9-17)23-24-21(26)28-16(3)20(27)25(14-5-12-22)18-10-6-15(2)7-11-18/h4,6-7,10-11,16-17H,1,5,8-9,13-14H2,2-3H3. The number of nitriles is 1. The number of hydrogen-bond donors (Lipinski definition) is 0. The van der Waals surface area contributed by atoms with Crippen LogP contribution in [0.3, 0.4) is 0 Å². The van der Waals surface area contributed by atoms with E-state index in [1.54, 1.807) is 4.90 Å². The average Bonchev–Trinajstić information content (AvgIpc) is 3.46. The van der Waals surface area contributed by atoms with Crippen molar-refractivity contribution in [2.24, 2.45) is 0 Å². The van der Waals surface area contributed by atoms with Crippen molar-refractivity contribution in [3.8, 4) is 6.07 Å². The van der Waals surface area contributed by atoms with E-state index in [-0.39, 0.29) is 17.6 Å². The molecule has 0 saturated heterocycles. The molecule has 1 fully saturated rings. The Labute approximate surface area is 170 Å². The first-order valence-corrected chi connectivity index (χ1v) is 10.4. The number of carbonyl (C=O) groups is 1. The molecule has 2 aromatic rings. The minimum absolute atomic E-state index is 0.0368. The maximum absolute atomic E-state index is 13.2. The Kier molecular flexibility index (Phi) is 6.53. The summed E-state index contributed by atoms with van der Waals surface area (Å²) in [4.78, 5) is 14.9. The second-order valence-electron chi connectivity index (χ2n) is 7.01. The van der Waals surface area contributed by atoms with Gasteiger partial charge in [0.1, 0.15) is 5.82 Å². The van der Waals surface area contributed by atoms with Crippen LogP contribution >= 0.6 is 11.8 Å². The number of aryl methyl sites for hydroxylation is 1. The lowest BCUT2D eigenvalue weighted by molar-refractivity contribution is -0.117. The molecule has 28 heavy (non-hydrogen) atoms. The van der Waals surface area contributed by atoms with Gasteiger partial charge in [0.15, 0.2) is 5.16 Å². The first-order valence-electron chi connectivity index (χ1n) is 9.50. The van der Waals surface area contributed by atoms with Crippen LogP contribution in [0.4, 0.5) is 5.69 Å². The molecule has 0 aliphatic heterocycles. The van der Waals surface area contributed by atoms with Crippen LogP contribution in [0.25, 0.3) is 0 Å². The molecule has 6 nitrogen and oxygen atoms in total. The second-order valence-corrected chi connectivity index (χ2v) is 8.32. The number of benzene rings is 1. The zero-order valence-electron chi connectivity index (χ0n) is 16.3. The summed E-state index contributed by atoms with van der Waals surface area (Å²) in [6, 6.07) is 9.93. The Bertz CT molecular complexity index is 879. The van der Waals surface area contributed by atoms with E-state index >= 15 is 0 Å². The monoisotopic (exact) mass is 395 g/mol. The van der Waals surface area contributed by atoms with Crippen molar-refractivity contribution in [2.75, 3.05) is 11.4 Å². The molecule has 1 heterocycles. The molecule has 1 aliphatic carbocycles. The Balaban J connectivity index is 1.78. The first-order chi connectivity index (χ1) is 13.5. The molecule has 1 amide bonds. The number of thioether (sulfide) groups is 1. The van der Waals surface area contributed by atoms with E-state index in [2.05, 4.69) is 27.4 Å². The van der Waals surface area contributed by atoms with Crippen LogP contribution in [0.2, 0.25) is 0 Å². The van der Waals surface area contributed by atoms with Gasteiger partial charge in [0, 0.05) is 24.7 Å². The van der Waals surface area contributed by atoms with E-state index in [4.69, 9.17) is 5.26 Å². The van der Waals surface area contributed by atoms with Crippen molar-refractivity contribution >= 4 is 23.4 Å². The molecule has 3 rings (SSSR count). The molecule has 146 valence electrons. The molecule has 1 saturated carbocycles. The molecule has 0 spiro atoms. The zero-order chi connectivity index (χ0) is 20.1. The second kappa shape index (κ2) is 9.07. The van der Waals surface area contributed by atoms with E-state index in [0.717, 1.165) is 35.1 Å². The lowest BCUT2D eigenvalue weighted by Gasteiger charge is -2.25. The van der Waals surface area contributed by atoms with E-state index in [1.807, 2.05) is 44.2 Å². The van der Waals surface area contributed by atoms with Gasteiger partial charge in [0.2, 0.25) is 5.91 Å². The summed E-state index contributed by atoms with van der Waals surface area (Å²) in [6.07, 6.45) is 4.40. The normalized spacial score (nSPS) is 14.3. The van der Waals surface area contributed by atoms with E-state index in [9.17, 15) is 4.79 Å². The molecule has 7 heteroatoms. The van der Waals surface area contributed by atoms with Crippen molar-refractivity contribution in [1.82, 2.24) is 14.8 Å². The van der Waals surface area contributed by atoms with E-state index in [0.29, 0.717) is 19.0 Å². The number of rotatable bonds is 9. The summed E-state index contributed by atoms with van der Waals surface area (Å²) in [5.41, 5.74) is 1.94. The largest absolute Gasteiger partial charge is 0.310 e. The topological polar surface area (TPSA) is 74.8 Å². The highest BCUT2D eigenvalue weighted by molar-refractivity contribution is 8.00. The lowest BCUT2D eigenvalue weighted by Crippen LogP contribution is -2.37. The van der Waals surface area contributed by atoms with E-state index in [1.165, 1.54) is 11.8 Å². The molecule has 1 unspecified atom stereocenters. The summed E-state index contributed by atoms with van der Waals surface area (Å²) >= 11 is 1.41. The van der Waals surface area contributed by atoms with E-state index < -0.39 is 0 Å². The Morgan fingerprint density at radius 2 is 2.14 bits per heavy atom. The highest BCUT2D eigenvalue weighted by Gasteiger charge is 2.31. The number of allylic oxidation sites excluding steroid dienone is 1. The molecule has 0 bridgehead atoms. The average molecular weight is 396 g/mol. The molecular formula is C21H25N5OS. The SMILES string of the molecule is C=CCn1c(SC(C)C(=O)N(CCC#N)c2ccc(C)cc2)nnc1C1CC1. The van der Waals surface area contributed by atoms with Crippen LogP contribution in [0, 0.1) is 18.3 Å². The molecule has 0 N–H and O–H groups in total. The van der Waals surface area contributed by atoms with Gasteiger partial charge in [-0.25, -0.2) is 0 Å². The van der Waals surface area contributed by atoms with Crippen molar-refractivity contribution in [2.45, 2.75) is 56.0 Å². The molecule has 0 radical (unpaired) electrons. The third kappa shape index (κ3) is 4.63. The fraction of sp³-hybridized carbons (Fsp3) is 0.429. The summed E-state index contributed by atoms with van der Waals surface area (Å²) in [6.45, 7) is 8.72. The summed E-state index contributed by atoms with van der Waals surface area (Å²) in [7, 11) is 0. The first kappa shape index (κ1) is 20.2. The van der Waals surface area contributed by atoms with Crippen molar-refractivity contribution < 1.29 is 4.79 Å². The van der Waals surface area contributed by atoms with Gasteiger partial charge >= 0.3 is 0 Å². The lowest BCUT2D eigenvalue weighted by atomic mass is 10.2. The van der Waals surface area contributed by atoms with Crippen LogP contribution in [0.15, 0.2) is 42.1 Å². The molecule has 1 aromatic heterocycles. The predicted octanol–water partition coefficient (Wildman–Crippen LogP) is 4.08. The van der Waals surface area contributed by atoms with Gasteiger partial charge < -0.3 is 9.47 Å². The minimum Gasteiger partial charge on any atom is -0.310 e. The highest BCUT2D eigenvalue weighted by Crippen LogP contribution is 2.40. The summed E-state index contributed by atoms with van der Waals surface area (Å²) in [5, 5.41) is 18.1. The maximum Gasteiger partial charge on any atom is 0.240 e. The molecule has 1 aliphatic rings. The number of amides is 1. The zero-order valence-corrected chi connectivity index (χ0v) is 17.2. The fourth-order valence-electron chi connectivity index (χ4n) is 3.01. The smallest absolute Gasteiger partial charge is 0.240 e. The van der Waals surface area contributed by atoms with Crippen molar-refractivity contribution in [1.29, 1.82) is 5.26 Å².